The number of hydrogen-bond donors (Lipinski definition) is 0. The van der Waals surface area contributed by atoms with Gasteiger partial charge in [-0.05, 0) is 31.2 Å². The van der Waals surface area contributed by atoms with Crippen molar-refractivity contribution in [3.8, 4) is 17.3 Å². The molecule has 1 fully saturated rings. The molecular weight excluding hydrogens is 430 g/mol. The molecular formula is C22H25N5O4S. The van der Waals surface area contributed by atoms with Gasteiger partial charge in [0.15, 0.2) is 11.5 Å². The van der Waals surface area contributed by atoms with E-state index in [1.54, 1.807) is 18.2 Å². The molecule has 1 saturated heterocycles. The smallest absolute Gasteiger partial charge is 0.243 e. The molecule has 9 nitrogen and oxygen atoms in total. The zero-order valence-corrected chi connectivity index (χ0v) is 18.7. The van der Waals surface area contributed by atoms with Crippen molar-refractivity contribution in [1.82, 2.24) is 18.8 Å². The largest absolute Gasteiger partial charge is 0.490 e. The number of anilines is 1. The van der Waals surface area contributed by atoms with E-state index >= 15 is 0 Å². The SMILES string of the molecule is Cc1nc(N2CCN(S(=O)(=O)c3ccc4c(c3)OCCCO4)CC2)cc(-n2cccc2)n1. The van der Waals surface area contributed by atoms with Crippen LogP contribution in [0.1, 0.15) is 12.2 Å². The van der Waals surface area contributed by atoms with Crippen LogP contribution in [0.15, 0.2) is 53.7 Å². The third kappa shape index (κ3) is 4.03. The van der Waals surface area contributed by atoms with Crippen LogP contribution in [0.2, 0.25) is 0 Å². The fourth-order valence-corrected chi connectivity index (χ4v) is 5.37. The topological polar surface area (TPSA) is 89.8 Å². The number of nitrogens with zero attached hydrogens (tertiary/aromatic N) is 5. The molecule has 168 valence electrons. The van der Waals surface area contributed by atoms with Crippen LogP contribution in [0.3, 0.4) is 0 Å². The third-order valence-corrected chi connectivity index (χ3v) is 7.49. The molecule has 1 aromatic carbocycles. The van der Waals surface area contributed by atoms with E-state index in [1.807, 2.05) is 42.1 Å². The van der Waals surface area contributed by atoms with Gasteiger partial charge in [-0.2, -0.15) is 4.31 Å². The van der Waals surface area contributed by atoms with Crippen molar-refractivity contribution in [2.75, 3.05) is 44.3 Å². The van der Waals surface area contributed by atoms with Gasteiger partial charge in [0.2, 0.25) is 10.0 Å². The van der Waals surface area contributed by atoms with Crippen LogP contribution in [0.4, 0.5) is 5.82 Å². The molecule has 4 heterocycles. The van der Waals surface area contributed by atoms with Crippen molar-refractivity contribution >= 4 is 15.8 Å². The van der Waals surface area contributed by atoms with Crippen molar-refractivity contribution in [3.05, 3.63) is 54.6 Å². The number of aromatic nitrogens is 3. The predicted molar refractivity (Wildman–Crippen MR) is 119 cm³/mol. The first kappa shape index (κ1) is 20.8. The monoisotopic (exact) mass is 455 g/mol. The molecule has 0 bridgehead atoms. The first-order chi connectivity index (χ1) is 15.5. The normalized spacial score (nSPS) is 17.2. The van der Waals surface area contributed by atoms with E-state index in [0.717, 1.165) is 18.1 Å². The van der Waals surface area contributed by atoms with Crippen LogP contribution in [-0.2, 0) is 10.0 Å². The summed E-state index contributed by atoms with van der Waals surface area (Å²) in [7, 11) is -3.63. The summed E-state index contributed by atoms with van der Waals surface area (Å²) >= 11 is 0. The van der Waals surface area contributed by atoms with E-state index in [9.17, 15) is 8.42 Å². The fourth-order valence-electron chi connectivity index (χ4n) is 3.93. The summed E-state index contributed by atoms with van der Waals surface area (Å²) in [5.41, 5.74) is 0. The van der Waals surface area contributed by atoms with Crippen molar-refractivity contribution in [2.24, 2.45) is 0 Å². The van der Waals surface area contributed by atoms with E-state index in [-0.39, 0.29) is 4.90 Å². The Bertz CT molecular complexity index is 1210. The number of piperazine rings is 1. The van der Waals surface area contributed by atoms with E-state index < -0.39 is 10.0 Å². The molecule has 2 aliphatic rings. The second-order valence-corrected chi connectivity index (χ2v) is 9.71. The maximum atomic E-state index is 13.2. The summed E-state index contributed by atoms with van der Waals surface area (Å²) < 4.78 is 41.2. The van der Waals surface area contributed by atoms with Gasteiger partial charge in [0.05, 0.1) is 18.1 Å². The van der Waals surface area contributed by atoms with Gasteiger partial charge in [0.1, 0.15) is 17.5 Å². The van der Waals surface area contributed by atoms with Crippen LogP contribution >= 0.6 is 0 Å². The molecule has 2 aromatic heterocycles. The van der Waals surface area contributed by atoms with Gasteiger partial charge in [-0.15, -0.1) is 0 Å². The highest BCUT2D eigenvalue weighted by atomic mass is 32.2. The molecule has 5 rings (SSSR count). The van der Waals surface area contributed by atoms with Crippen LogP contribution in [0, 0.1) is 6.92 Å². The molecule has 0 unspecified atom stereocenters. The first-order valence-electron chi connectivity index (χ1n) is 10.6. The van der Waals surface area contributed by atoms with E-state index in [2.05, 4.69) is 14.9 Å². The van der Waals surface area contributed by atoms with E-state index in [1.165, 1.54) is 4.31 Å². The molecule has 0 radical (unpaired) electrons. The summed E-state index contributed by atoms with van der Waals surface area (Å²) in [5.74, 6) is 3.34. The lowest BCUT2D eigenvalue weighted by atomic mass is 10.3. The molecule has 0 aliphatic carbocycles. The van der Waals surface area contributed by atoms with Gasteiger partial charge in [-0.3, -0.25) is 0 Å². The minimum atomic E-state index is -3.63. The lowest BCUT2D eigenvalue weighted by Gasteiger charge is -2.34. The number of aryl methyl sites for hydroxylation is 1. The number of rotatable bonds is 4. The van der Waals surface area contributed by atoms with E-state index in [0.29, 0.717) is 56.7 Å². The average molecular weight is 456 g/mol. The highest BCUT2D eigenvalue weighted by Gasteiger charge is 2.30. The third-order valence-electron chi connectivity index (χ3n) is 5.60. The van der Waals surface area contributed by atoms with Crippen LogP contribution in [0.5, 0.6) is 11.5 Å². The Morgan fingerprint density at radius 2 is 1.56 bits per heavy atom. The van der Waals surface area contributed by atoms with Gasteiger partial charge >= 0.3 is 0 Å². The van der Waals surface area contributed by atoms with Gasteiger partial charge in [-0.25, -0.2) is 18.4 Å². The van der Waals surface area contributed by atoms with Crippen molar-refractivity contribution in [3.63, 3.8) is 0 Å². The van der Waals surface area contributed by atoms with Gasteiger partial charge in [0.25, 0.3) is 0 Å². The van der Waals surface area contributed by atoms with Gasteiger partial charge in [0, 0.05) is 57.1 Å². The number of fused-ring (bicyclic) bond motifs is 1. The Labute approximate surface area is 187 Å². The number of benzene rings is 1. The molecule has 0 atom stereocenters. The van der Waals surface area contributed by atoms with Crippen LogP contribution in [0.25, 0.3) is 5.82 Å². The molecule has 32 heavy (non-hydrogen) atoms. The second kappa shape index (κ2) is 8.44. The molecule has 0 amide bonds. The molecule has 0 saturated carbocycles. The zero-order chi connectivity index (χ0) is 22.1. The zero-order valence-electron chi connectivity index (χ0n) is 17.8. The lowest BCUT2D eigenvalue weighted by molar-refractivity contribution is 0.296. The van der Waals surface area contributed by atoms with Gasteiger partial charge < -0.3 is 18.9 Å². The molecule has 3 aromatic rings. The maximum Gasteiger partial charge on any atom is 0.243 e. The molecule has 10 heteroatoms. The molecule has 0 N–H and O–H groups in total. The highest BCUT2D eigenvalue weighted by molar-refractivity contribution is 7.89. The van der Waals surface area contributed by atoms with Crippen LogP contribution in [-0.4, -0.2) is 66.7 Å². The number of sulfonamides is 1. The second-order valence-electron chi connectivity index (χ2n) is 7.77. The lowest BCUT2D eigenvalue weighted by Crippen LogP contribution is -2.49. The Balaban J connectivity index is 1.32. The predicted octanol–water partition coefficient (Wildman–Crippen LogP) is 2.25. The van der Waals surface area contributed by atoms with Crippen LogP contribution < -0.4 is 14.4 Å². The van der Waals surface area contributed by atoms with Crippen molar-refractivity contribution < 1.29 is 17.9 Å². The number of ether oxygens (including phenoxy) is 2. The number of hydrogen-bond acceptors (Lipinski definition) is 7. The Morgan fingerprint density at radius 3 is 2.31 bits per heavy atom. The maximum absolute atomic E-state index is 13.2. The molecule has 2 aliphatic heterocycles. The molecule has 0 spiro atoms. The fraction of sp³-hybridized carbons (Fsp3) is 0.364. The first-order valence-corrected chi connectivity index (χ1v) is 12.1. The minimum absolute atomic E-state index is 0.225. The summed E-state index contributed by atoms with van der Waals surface area (Å²) in [4.78, 5) is 11.4. The Morgan fingerprint density at radius 1 is 0.875 bits per heavy atom. The van der Waals surface area contributed by atoms with E-state index in [4.69, 9.17) is 9.47 Å². The Hall–Kier alpha value is -3.11. The Kier molecular flexibility index (Phi) is 5.48. The summed E-state index contributed by atoms with van der Waals surface area (Å²) in [6, 6.07) is 10.7. The van der Waals surface area contributed by atoms with Gasteiger partial charge in [-0.1, -0.05) is 0 Å². The van der Waals surface area contributed by atoms with Crippen molar-refractivity contribution in [2.45, 2.75) is 18.2 Å². The average Bonchev–Trinajstić information content (AvgIpc) is 3.24. The summed E-state index contributed by atoms with van der Waals surface area (Å²) in [5, 5.41) is 0. The summed E-state index contributed by atoms with van der Waals surface area (Å²) in [6.45, 7) is 4.78. The van der Waals surface area contributed by atoms with Crippen molar-refractivity contribution in [1.29, 1.82) is 0 Å². The highest BCUT2D eigenvalue weighted by Crippen LogP contribution is 2.33. The minimum Gasteiger partial charge on any atom is -0.490 e. The summed E-state index contributed by atoms with van der Waals surface area (Å²) in [6.07, 6.45) is 4.64. The standard InChI is InChI=1S/C22H25N5O4S/c1-17-23-21(25-7-2-3-8-25)16-22(24-17)26-9-11-27(12-10-26)32(28,29)18-5-6-19-20(15-18)31-14-4-13-30-19/h2-3,5-8,15-16H,4,9-14H2,1H3. The quantitative estimate of drug-likeness (QED) is 0.596.